The van der Waals surface area contributed by atoms with Gasteiger partial charge in [0.2, 0.25) is 0 Å². The lowest BCUT2D eigenvalue weighted by Gasteiger charge is -2.29. The SMILES string of the molecule is CCCCCN(CC(O)c1ccccc1C)C(C)C. The molecule has 1 N–H and O–H groups in total. The van der Waals surface area contributed by atoms with E-state index < -0.39 is 0 Å². The number of aliphatic hydroxyl groups is 1. The number of aryl methyl sites for hydroxylation is 1. The second-order valence-electron chi connectivity index (χ2n) is 5.67. The van der Waals surface area contributed by atoms with Gasteiger partial charge in [0.15, 0.2) is 0 Å². The molecule has 0 aromatic heterocycles. The van der Waals surface area contributed by atoms with Crippen LogP contribution >= 0.6 is 0 Å². The molecule has 0 bridgehead atoms. The second kappa shape index (κ2) is 8.34. The van der Waals surface area contributed by atoms with Gasteiger partial charge in [-0.05, 0) is 44.9 Å². The minimum Gasteiger partial charge on any atom is -0.387 e. The molecule has 0 aliphatic rings. The number of rotatable bonds is 8. The van der Waals surface area contributed by atoms with E-state index in [-0.39, 0.29) is 6.10 Å². The molecular formula is C17H29NO. The Labute approximate surface area is 118 Å². The fourth-order valence-electron chi connectivity index (χ4n) is 2.41. The molecule has 0 radical (unpaired) electrons. The van der Waals surface area contributed by atoms with Gasteiger partial charge in [-0.25, -0.2) is 0 Å². The van der Waals surface area contributed by atoms with Crippen LogP contribution in [0, 0.1) is 6.92 Å². The van der Waals surface area contributed by atoms with Crippen LogP contribution in [0.4, 0.5) is 0 Å². The monoisotopic (exact) mass is 263 g/mol. The van der Waals surface area contributed by atoms with E-state index in [2.05, 4.69) is 38.7 Å². The number of unbranched alkanes of at least 4 members (excludes halogenated alkanes) is 2. The van der Waals surface area contributed by atoms with Crippen molar-refractivity contribution in [1.82, 2.24) is 4.90 Å². The van der Waals surface area contributed by atoms with Crippen molar-refractivity contribution >= 4 is 0 Å². The molecule has 2 heteroatoms. The molecule has 0 saturated carbocycles. The van der Waals surface area contributed by atoms with E-state index in [9.17, 15) is 5.11 Å². The summed E-state index contributed by atoms with van der Waals surface area (Å²) in [6.07, 6.45) is 3.34. The molecule has 1 atom stereocenters. The highest BCUT2D eigenvalue weighted by atomic mass is 16.3. The normalized spacial score (nSPS) is 13.2. The van der Waals surface area contributed by atoms with E-state index in [0.717, 1.165) is 18.7 Å². The third kappa shape index (κ3) is 5.33. The fraction of sp³-hybridized carbons (Fsp3) is 0.647. The highest BCUT2D eigenvalue weighted by Crippen LogP contribution is 2.19. The quantitative estimate of drug-likeness (QED) is 0.718. The van der Waals surface area contributed by atoms with Crippen LogP contribution in [0.1, 0.15) is 57.3 Å². The predicted molar refractivity (Wildman–Crippen MR) is 82.4 cm³/mol. The van der Waals surface area contributed by atoms with Crippen molar-refractivity contribution in [2.24, 2.45) is 0 Å². The highest BCUT2D eigenvalue weighted by molar-refractivity contribution is 5.27. The van der Waals surface area contributed by atoms with Gasteiger partial charge in [0.25, 0.3) is 0 Å². The molecule has 0 amide bonds. The maximum atomic E-state index is 10.4. The van der Waals surface area contributed by atoms with E-state index in [1.807, 2.05) is 18.2 Å². The Morgan fingerprint density at radius 1 is 1.16 bits per heavy atom. The molecule has 1 aromatic rings. The van der Waals surface area contributed by atoms with Gasteiger partial charge in [0.05, 0.1) is 6.10 Å². The smallest absolute Gasteiger partial charge is 0.0919 e. The summed E-state index contributed by atoms with van der Waals surface area (Å²) in [5.74, 6) is 0. The summed E-state index contributed by atoms with van der Waals surface area (Å²) in [5, 5.41) is 10.4. The lowest BCUT2D eigenvalue weighted by atomic mass is 10.0. The summed E-state index contributed by atoms with van der Waals surface area (Å²) in [7, 11) is 0. The zero-order valence-corrected chi connectivity index (χ0v) is 12.9. The number of hydrogen-bond acceptors (Lipinski definition) is 2. The minimum atomic E-state index is -0.384. The van der Waals surface area contributed by atoms with E-state index in [0.29, 0.717) is 6.04 Å². The zero-order valence-electron chi connectivity index (χ0n) is 12.9. The minimum absolute atomic E-state index is 0.384. The molecule has 1 unspecified atom stereocenters. The van der Waals surface area contributed by atoms with Crippen molar-refractivity contribution in [1.29, 1.82) is 0 Å². The van der Waals surface area contributed by atoms with Gasteiger partial charge < -0.3 is 5.11 Å². The van der Waals surface area contributed by atoms with E-state index in [4.69, 9.17) is 0 Å². The van der Waals surface area contributed by atoms with Crippen LogP contribution in [-0.4, -0.2) is 29.1 Å². The number of aliphatic hydroxyl groups excluding tert-OH is 1. The maximum absolute atomic E-state index is 10.4. The third-order valence-electron chi connectivity index (χ3n) is 3.73. The van der Waals surface area contributed by atoms with Crippen molar-refractivity contribution in [2.75, 3.05) is 13.1 Å². The molecule has 0 heterocycles. The van der Waals surface area contributed by atoms with Crippen LogP contribution in [0.3, 0.4) is 0 Å². The summed E-state index contributed by atoms with van der Waals surface area (Å²) in [6.45, 7) is 10.5. The molecule has 0 fully saturated rings. The number of nitrogens with zero attached hydrogens (tertiary/aromatic N) is 1. The Balaban J connectivity index is 2.61. The summed E-state index contributed by atoms with van der Waals surface area (Å²) < 4.78 is 0. The van der Waals surface area contributed by atoms with Crippen LogP contribution in [0.5, 0.6) is 0 Å². The second-order valence-corrected chi connectivity index (χ2v) is 5.67. The molecule has 0 spiro atoms. The van der Waals surface area contributed by atoms with Crippen molar-refractivity contribution in [3.8, 4) is 0 Å². The summed E-state index contributed by atoms with van der Waals surface area (Å²) in [4.78, 5) is 2.38. The first-order valence-electron chi connectivity index (χ1n) is 7.53. The van der Waals surface area contributed by atoms with Crippen LogP contribution in [0.15, 0.2) is 24.3 Å². The summed E-state index contributed by atoms with van der Waals surface area (Å²) in [5.41, 5.74) is 2.23. The topological polar surface area (TPSA) is 23.5 Å². The lowest BCUT2D eigenvalue weighted by Crippen LogP contribution is -2.35. The molecule has 0 aliphatic heterocycles. The Bertz CT molecular complexity index is 362. The molecule has 0 aliphatic carbocycles. The Morgan fingerprint density at radius 3 is 2.42 bits per heavy atom. The molecule has 108 valence electrons. The molecule has 1 rings (SSSR count). The molecule has 19 heavy (non-hydrogen) atoms. The highest BCUT2D eigenvalue weighted by Gasteiger charge is 2.16. The van der Waals surface area contributed by atoms with Gasteiger partial charge in [-0.2, -0.15) is 0 Å². The van der Waals surface area contributed by atoms with Crippen LogP contribution < -0.4 is 0 Å². The van der Waals surface area contributed by atoms with E-state index in [1.165, 1.54) is 24.8 Å². The standard InChI is InChI=1S/C17H29NO/c1-5-6-9-12-18(14(2)3)13-17(19)16-11-8-7-10-15(16)4/h7-8,10-11,14,17,19H,5-6,9,12-13H2,1-4H3. The number of hydrogen-bond donors (Lipinski definition) is 1. The Morgan fingerprint density at radius 2 is 1.84 bits per heavy atom. The van der Waals surface area contributed by atoms with Crippen molar-refractivity contribution in [3.63, 3.8) is 0 Å². The Hall–Kier alpha value is -0.860. The lowest BCUT2D eigenvalue weighted by molar-refractivity contribution is 0.0938. The van der Waals surface area contributed by atoms with Crippen molar-refractivity contribution in [3.05, 3.63) is 35.4 Å². The van der Waals surface area contributed by atoms with Gasteiger partial charge in [0.1, 0.15) is 0 Å². The summed E-state index contributed by atoms with van der Waals surface area (Å²) >= 11 is 0. The molecule has 0 saturated heterocycles. The van der Waals surface area contributed by atoms with Crippen molar-refractivity contribution < 1.29 is 5.11 Å². The van der Waals surface area contributed by atoms with E-state index >= 15 is 0 Å². The van der Waals surface area contributed by atoms with Crippen LogP contribution in [0.25, 0.3) is 0 Å². The van der Waals surface area contributed by atoms with Crippen LogP contribution in [0.2, 0.25) is 0 Å². The molecule has 1 aromatic carbocycles. The maximum Gasteiger partial charge on any atom is 0.0919 e. The van der Waals surface area contributed by atoms with Gasteiger partial charge in [-0.1, -0.05) is 44.0 Å². The molecule has 2 nitrogen and oxygen atoms in total. The van der Waals surface area contributed by atoms with Crippen LogP contribution in [-0.2, 0) is 0 Å². The largest absolute Gasteiger partial charge is 0.387 e. The third-order valence-corrected chi connectivity index (χ3v) is 3.73. The van der Waals surface area contributed by atoms with Gasteiger partial charge in [-0.15, -0.1) is 0 Å². The average molecular weight is 263 g/mol. The average Bonchev–Trinajstić information content (AvgIpc) is 2.38. The number of benzene rings is 1. The zero-order chi connectivity index (χ0) is 14.3. The fourth-order valence-corrected chi connectivity index (χ4v) is 2.41. The van der Waals surface area contributed by atoms with Gasteiger partial charge in [0, 0.05) is 12.6 Å². The molecular weight excluding hydrogens is 234 g/mol. The first-order chi connectivity index (χ1) is 9.06. The first kappa shape index (κ1) is 16.2. The Kier molecular flexibility index (Phi) is 7.11. The van der Waals surface area contributed by atoms with E-state index in [1.54, 1.807) is 0 Å². The first-order valence-corrected chi connectivity index (χ1v) is 7.53. The predicted octanol–water partition coefficient (Wildman–Crippen LogP) is 3.93. The van der Waals surface area contributed by atoms with Gasteiger partial charge in [-0.3, -0.25) is 4.90 Å². The van der Waals surface area contributed by atoms with Gasteiger partial charge >= 0.3 is 0 Å². The summed E-state index contributed by atoms with van der Waals surface area (Å²) in [6, 6.07) is 8.60. The van der Waals surface area contributed by atoms with Crippen molar-refractivity contribution in [2.45, 2.75) is 59.1 Å².